The highest BCUT2D eigenvalue weighted by Crippen LogP contribution is 2.31. The van der Waals surface area contributed by atoms with Crippen molar-refractivity contribution >= 4 is 73.3 Å². The van der Waals surface area contributed by atoms with Crippen molar-refractivity contribution in [3.8, 4) is 28.7 Å². The minimum atomic E-state index is -4.10. The molecule has 0 unspecified atom stereocenters. The van der Waals surface area contributed by atoms with E-state index in [0.29, 0.717) is 35.7 Å². The van der Waals surface area contributed by atoms with E-state index in [1.165, 1.54) is 43.5 Å². The molecule has 0 atom stereocenters. The van der Waals surface area contributed by atoms with Crippen molar-refractivity contribution in [3.05, 3.63) is 91.0 Å². The van der Waals surface area contributed by atoms with Crippen LogP contribution in [0.4, 0.5) is 22.7 Å². The molecule has 0 saturated heterocycles. The van der Waals surface area contributed by atoms with Gasteiger partial charge in [-0.05, 0) is 80.6 Å². The lowest BCUT2D eigenvalue weighted by molar-refractivity contribution is 0.373. The number of ether oxygens (including phenoxy) is 1. The van der Waals surface area contributed by atoms with Crippen LogP contribution in [0.1, 0.15) is 32.1 Å². The van der Waals surface area contributed by atoms with E-state index < -0.39 is 73.6 Å². The van der Waals surface area contributed by atoms with Gasteiger partial charge in [-0.3, -0.25) is 22.8 Å². The molecule has 4 aromatic rings. The topological polar surface area (TPSA) is 407 Å². The number of hydrogen-bond donors (Lipinski definition) is 11. The van der Waals surface area contributed by atoms with Gasteiger partial charge in [0.2, 0.25) is 0 Å². The van der Waals surface area contributed by atoms with Gasteiger partial charge in [-0.1, -0.05) is 18.2 Å². The molecule has 0 aliphatic rings. The van der Waals surface area contributed by atoms with Crippen LogP contribution in [0, 0.1) is 0 Å². The molecule has 24 nitrogen and oxygen atoms in total. The van der Waals surface area contributed by atoms with Crippen LogP contribution in [-0.2, 0) is 50.6 Å². The third kappa shape index (κ3) is 32.9. The molecule has 29 heteroatoms. The summed E-state index contributed by atoms with van der Waals surface area (Å²) in [6, 6.07) is 23.8. The molecule has 0 radical (unpaired) electrons. The Kier molecular flexibility index (Phi) is 26.5. The number of aromatic hydroxyl groups is 4. The monoisotopic (exact) mass is 1080 g/mol. The second-order valence-corrected chi connectivity index (χ2v) is 22.5. The molecule has 0 amide bonds. The Morgan fingerprint density at radius 3 is 1.20 bits per heavy atom. The summed E-state index contributed by atoms with van der Waals surface area (Å²) in [6.45, 7) is 1.32. The fourth-order valence-corrected chi connectivity index (χ4v) is 8.17. The maximum Gasteiger partial charge on any atom is 0.264 e. The highest BCUT2D eigenvalue weighted by molar-refractivity contribution is 7.86. The third-order valence-electron chi connectivity index (χ3n) is 8.67. The lowest BCUT2D eigenvalue weighted by Gasteiger charge is -2.25. The Balaban J connectivity index is 0.000000487. The Hall–Kier alpha value is -5.37. The van der Waals surface area contributed by atoms with E-state index in [0.717, 1.165) is 0 Å². The lowest BCUT2D eigenvalue weighted by atomic mass is 10.2. The maximum atomic E-state index is 10.8. The summed E-state index contributed by atoms with van der Waals surface area (Å²) in [7, 11) is -18.8. The maximum absolute atomic E-state index is 10.8. The van der Waals surface area contributed by atoms with Crippen molar-refractivity contribution in [1.82, 2.24) is 0 Å². The summed E-state index contributed by atoms with van der Waals surface area (Å²) in [5.41, 5.74) is 7.72. The molecule has 0 aliphatic carbocycles. The molecule has 0 bridgehead atoms. The van der Waals surface area contributed by atoms with Crippen LogP contribution < -0.4 is 25.6 Å². The van der Waals surface area contributed by atoms with Gasteiger partial charge in [0, 0.05) is 79.7 Å². The number of nitrogens with zero attached hydrogens (tertiary/aromatic N) is 2. The molecule has 4 aromatic carbocycles. The number of phenolic OH excluding ortho intramolecular Hbond substituents is 4. The SMILES string of the molecule is COc1ccc(N(CCCS(=O)(=O)O)CCCS(=O)(=O)O)cc1O.Nc1cccc(O)c1.O=S(=O)(O)CCCN(CCCS(=O)(=O)O)c1cccc(O)c1.O=S(=O)(O)CCCNc1cccc(O)c1. The minimum Gasteiger partial charge on any atom is -0.508 e. The fourth-order valence-electron chi connectivity index (χ4n) is 5.68. The number of hydrogen-bond acceptors (Lipinski definition) is 19. The van der Waals surface area contributed by atoms with Crippen LogP contribution in [0.5, 0.6) is 28.7 Å². The van der Waals surface area contributed by atoms with Crippen molar-refractivity contribution in [2.45, 2.75) is 32.1 Å². The van der Waals surface area contributed by atoms with Crippen LogP contribution in [0.25, 0.3) is 0 Å². The van der Waals surface area contributed by atoms with Gasteiger partial charge in [0.25, 0.3) is 50.6 Å². The summed E-state index contributed by atoms with van der Waals surface area (Å²) in [6.07, 6.45) is 0.810. The van der Waals surface area contributed by atoms with Gasteiger partial charge in [0.1, 0.15) is 17.2 Å². The predicted octanol–water partition coefficient (Wildman–Crippen LogP) is 3.57. The second kappa shape index (κ2) is 29.6. The molecule has 0 fully saturated rings. The quantitative estimate of drug-likeness (QED) is 0.0271. The fraction of sp³-hybridized carbons (Fsp3) is 0.400. The van der Waals surface area contributed by atoms with E-state index >= 15 is 0 Å². The number of phenols is 4. The highest BCUT2D eigenvalue weighted by atomic mass is 32.2. The molecule has 0 heterocycles. The van der Waals surface area contributed by atoms with Crippen LogP contribution >= 0.6 is 0 Å². The number of benzene rings is 4. The number of nitrogen functional groups attached to an aromatic ring is 1. The van der Waals surface area contributed by atoms with Gasteiger partial charge in [-0.25, -0.2) is 0 Å². The summed E-state index contributed by atoms with van der Waals surface area (Å²) < 4.78 is 155. The molecular formula is C40H60N4O20S5. The second-order valence-electron chi connectivity index (χ2n) is 14.6. The van der Waals surface area contributed by atoms with Crippen LogP contribution in [0.3, 0.4) is 0 Å². The van der Waals surface area contributed by atoms with Gasteiger partial charge < -0.3 is 46.0 Å². The zero-order chi connectivity index (χ0) is 52.5. The molecule has 0 aromatic heterocycles. The number of anilines is 4. The van der Waals surface area contributed by atoms with Crippen molar-refractivity contribution in [3.63, 3.8) is 0 Å². The van der Waals surface area contributed by atoms with Gasteiger partial charge in [0.05, 0.1) is 35.9 Å². The van der Waals surface area contributed by atoms with E-state index in [1.54, 1.807) is 64.4 Å². The van der Waals surface area contributed by atoms with E-state index in [2.05, 4.69) is 5.32 Å². The van der Waals surface area contributed by atoms with E-state index in [4.69, 9.17) is 43.4 Å². The Labute approximate surface area is 402 Å². The number of rotatable bonds is 24. The first-order valence-corrected chi connectivity index (χ1v) is 28.4. The molecule has 390 valence electrons. The van der Waals surface area contributed by atoms with Crippen LogP contribution in [0.15, 0.2) is 91.0 Å². The van der Waals surface area contributed by atoms with Crippen molar-refractivity contribution in [2.24, 2.45) is 0 Å². The summed E-state index contributed by atoms with van der Waals surface area (Å²) >= 11 is 0. The molecular weight excluding hydrogens is 1020 g/mol. The average Bonchev–Trinajstić information content (AvgIpc) is 3.20. The molecule has 0 saturated carbocycles. The molecule has 69 heavy (non-hydrogen) atoms. The molecule has 12 N–H and O–H groups in total. The highest BCUT2D eigenvalue weighted by Gasteiger charge is 2.15. The van der Waals surface area contributed by atoms with Crippen LogP contribution in [-0.4, -0.2) is 154 Å². The molecule has 4 rings (SSSR count). The third-order valence-corrected chi connectivity index (χ3v) is 12.7. The van der Waals surface area contributed by atoms with Gasteiger partial charge in [-0.2, -0.15) is 42.1 Å². The first kappa shape index (κ1) is 61.6. The molecule has 0 spiro atoms. The first-order chi connectivity index (χ1) is 31.8. The Bertz CT molecular complexity index is 2650. The normalized spacial score (nSPS) is 11.6. The van der Waals surface area contributed by atoms with E-state index in [1.807, 2.05) is 0 Å². The van der Waals surface area contributed by atoms with E-state index in [9.17, 15) is 52.3 Å². The zero-order valence-electron chi connectivity index (χ0n) is 37.3. The van der Waals surface area contributed by atoms with E-state index in [-0.39, 0.29) is 86.4 Å². The smallest absolute Gasteiger partial charge is 0.264 e. The zero-order valence-corrected chi connectivity index (χ0v) is 41.4. The Morgan fingerprint density at radius 2 is 0.855 bits per heavy atom. The predicted molar refractivity (Wildman–Crippen MR) is 261 cm³/mol. The minimum absolute atomic E-state index is 0.0204. The molecule has 0 aliphatic heterocycles. The first-order valence-electron chi connectivity index (χ1n) is 20.3. The largest absolute Gasteiger partial charge is 0.508 e. The van der Waals surface area contributed by atoms with Gasteiger partial charge >= 0.3 is 0 Å². The number of nitrogens with one attached hydrogen (secondary N) is 1. The van der Waals surface area contributed by atoms with Crippen LogP contribution in [0.2, 0.25) is 0 Å². The van der Waals surface area contributed by atoms with Crippen molar-refractivity contribution in [1.29, 1.82) is 0 Å². The summed E-state index contributed by atoms with van der Waals surface area (Å²) in [4.78, 5) is 3.32. The van der Waals surface area contributed by atoms with Crippen molar-refractivity contribution < 1.29 is 90.0 Å². The number of methoxy groups -OCH3 is 1. The van der Waals surface area contributed by atoms with Crippen molar-refractivity contribution in [2.75, 3.05) is 89.4 Å². The number of nitrogens with two attached hydrogens (primary N) is 1. The van der Waals surface area contributed by atoms with Gasteiger partial charge in [-0.15, -0.1) is 0 Å². The Morgan fingerprint density at radius 1 is 0.478 bits per heavy atom. The average molecular weight is 1080 g/mol. The summed E-state index contributed by atoms with van der Waals surface area (Å²) in [5, 5.41) is 40.1. The lowest BCUT2D eigenvalue weighted by Crippen LogP contribution is -2.28. The standard InChI is InChI=1S/C13H21NO8S2.C12H19NO7S2.C9H13NO4S.C6H7NO/c1-22-13-5-4-11(10-12(13)15)14(6-2-8-23(16,17)18)7-3-9-24(19,20)21;14-12-5-1-4-11(10-12)13(6-2-8-21(15,16)17)7-3-9-22(18,19)20;11-9-4-1-3-8(7-9)10-5-2-6-15(12,13)14;7-5-2-1-3-6(8)4-5/h4-5,10,15H,2-3,6-9H2,1H3,(H,16,17,18)(H,19,20,21);1,4-5,10,14H,2-3,6-9H2,(H,15,16,17)(H,18,19,20);1,3-4,7,10-11H,2,5-6H2,(H,12,13,14);1-4,8H,7H2. The van der Waals surface area contributed by atoms with Gasteiger partial charge in [0.15, 0.2) is 11.5 Å². The summed E-state index contributed by atoms with van der Waals surface area (Å²) in [5.74, 6) is -1.46.